The van der Waals surface area contributed by atoms with Gasteiger partial charge in [-0.25, -0.2) is 4.57 Å². The number of rotatable bonds is 12. The molecular formula is C19H39N2O7P. The summed E-state index contributed by atoms with van der Waals surface area (Å²) in [5.74, 6) is -0.890. The largest absolute Gasteiger partial charge is 0.472 e. The Morgan fingerprint density at radius 1 is 1.07 bits per heavy atom. The maximum absolute atomic E-state index is 12.2. The number of phosphoric acid groups is 1. The van der Waals surface area contributed by atoms with Gasteiger partial charge in [-0.15, -0.1) is 0 Å². The molecule has 0 radical (unpaired) electrons. The molecule has 4 N–H and O–H groups in total. The average Bonchev–Trinajstić information content (AvgIpc) is 2.56. The van der Waals surface area contributed by atoms with E-state index in [1.54, 1.807) is 20.8 Å². The molecule has 0 aliphatic heterocycles. The van der Waals surface area contributed by atoms with Crippen molar-refractivity contribution >= 4 is 19.6 Å². The summed E-state index contributed by atoms with van der Waals surface area (Å²) in [7, 11) is -4.35. The summed E-state index contributed by atoms with van der Waals surface area (Å²) in [5, 5.41) is 15.6. The fraction of sp³-hybridized carbons (Fsp3) is 0.895. The van der Waals surface area contributed by atoms with Gasteiger partial charge in [-0.1, -0.05) is 41.5 Å². The van der Waals surface area contributed by atoms with Crippen molar-refractivity contribution in [1.29, 1.82) is 0 Å². The summed E-state index contributed by atoms with van der Waals surface area (Å²) in [6.07, 6.45) is -0.921. The topological polar surface area (TPSA) is 134 Å². The van der Waals surface area contributed by atoms with Gasteiger partial charge in [0.25, 0.3) is 0 Å². The van der Waals surface area contributed by atoms with Crippen molar-refractivity contribution in [3.8, 4) is 0 Å². The Hall–Kier alpha value is -0.990. The van der Waals surface area contributed by atoms with Crippen LogP contribution in [-0.4, -0.2) is 53.2 Å². The summed E-state index contributed by atoms with van der Waals surface area (Å²) in [6.45, 7) is 14.4. The zero-order valence-corrected chi connectivity index (χ0v) is 19.9. The van der Waals surface area contributed by atoms with Crippen LogP contribution in [0.2, 0.25) is 0 Å². The molecule has 0 aromatic carbocycles. The van der Waals surface area contributed by atoms with Gasteiger partial charge in [0, 0.05) is 24.9 Å². The molecule has 0 spiro atoms. The molecular weight excluding hydrogens is 399 g/mol. The zero-order valence-electron chi connectivity index (χ0n) is 19.0. The minimum absolute atomic E-state index is 0.0404. The Balaban J connectivity index is 4.53. The first-order valence-corrected chi connectivity index (χ1v) is 11.3. The highest BCUT2D eigenvalue weighted by Crippen LogP contribution is 2.49. The molecule has 172 valence electrons. The molecule has 2 atom stereocenters. The van der Waals surface area contributed by atoms with E-state index >= 15 is 0 Å². The maximum Gasteiger partial charge on any atom is 0.472 e. The number of carbonyl (C=O) groups is 2. The highest BCUT2D eigenvalue weighted by atomic mass is 31.2. The van der Waals surface area contributed by atoms with E-state index in [1.807, 2.05) is 20.8 Å². The summed E-state index contributed by atoms with van der Waals surface area (Å²) in [5.41, 5.74) is -2.05. The third-order valence-electron chi connectivity index (χ3n) is 4.27. The van der Waals surface area contributed by atoms with Gasteiger partial charge in [0.1, 0.15) is 6.10 Å². The molecule has 0 saturated heterocycles. The lowest BCUT2D eigenvalue weighted by Crippen LogP contribution is -2.46. The predicted octanol–water partition coefficient (Wildman–Crippen LogP) is 2.36. The second-order valence-corrected chi connectivity index (χ2v) is 11.1. The zero-order chi connectivity index (χ0) is 23.1. The Bertz CT molecular complexity index is 600. The van der Waals surface area contributed by atoms with Gasteiger partial charge < -0.3 is 20.6 Å². The van der Waals surface area contributed by atoms with E-state index in [4.69, 9.17) is 9.05 Å². The normalized spacial score (nSPS) is 16.1. The second-order valence-electron chi connectivity index (χ2n) is 9.72. The van der Waals surface area contributed by atoms with Crippen LogP contribution in [0, 0.1) is 10.8 Å². The third kappa shape index (κ3) is 12.3. The summed E-state index contributed by atoms with van der Waals surface area (Å²) in [6, 6.07) is 0. The van der Waals surface area contributed by atoms with Crippen molar-refractivity contribution in [1.82, 2.24) is 10.6 Å². The Kier molecular flexibility index (Phi) is 10.5. The minimum atomic E-state index is -4.35. The van der Waals surface area contributed by atoms with Gasteiger partial charge >= 0.3 is 7.82 Å². The predicted molar refractivity (Wildman–Crippen MR) is 111 cm³/mol. The molecule has 2 amide bonds. The number of phosphoric ester groups is 1. The van der Waals surface area contributed by atoms with Gasteiger partial charge in [-0.2, -0.15) is 0 Å². The Morgan fingerprint density at radius 2 is 1.62 bits per heavy atom. The summed E-state index contributed by atoms with van der Waals surface area (Å²) in [4.78, 5) is 33.8. The first kappa shape index (κ1) is 28.0. The SMILES string of the molecule is CCC(C)(C)OP(=O)(O)OCC(C)(C)C(O)C(=O)NCCC(=O)NCC(C)(C)C. The van der Waals surface area contributed by atoms with Crippen LogP contribution in [0.3, 0.4) is 0 Å². The van der Waals surface area contributed by atoms with E-state index in [-0.39, 0.29) is 30.9 Å². The molecule has 0 aliphatic rings. The quantitative estimate of drug-likeness (QED) is 0.344. The fourth-order valence-electron chi connectivity index (χ4n) is 1.93. The number of amides is 2. The van der Waals surface area contributed by atoms with Gasteiger partial charge in [-0.05, 0) is 25.7 Å². The van der Waals surface area contributed by atoms with E-state index in [2.05, 4.69) is 10.6 Å². The highest BCUT2D eigenvalue weighted by Gasteiger charge is 2.38. The van der Waals surface area contributed by atoms with Crippen LogP contribution >= 0.6 is 7.82 Å². The first-order valence-electron chi connectivity index (χ1n) is 9.81. The van der Waals surface area contributed by atoms with Crippen molar-refractivity contribution in [2.24, 2.45) is 10.8 Å². The molecule has 2 unspecified atom stereocenters. The molecule has 0 saturated carbocycles. The fourth-order valence-corrected chi connectivity index (χ4v) is 3.24. The van der Waals surface area contributed by atoms with Gasteiger partial charge in [-0.3, -0.25) is 18.6 Å². The van der Waals surface area contributed by atoms with Gasteiger partial charge in [0.05, 0.1) is 12.2 Å². The monoisotopic (exact) mass is 438 g/mol. The second kappa shape index (κ2) is 10.9. The van der Waals surface area contributed by atoms with Crippen LogP contribution in [0.15, 0.2) is 0 Å². The number of aliphatic hydroxyl groups is 1. The average molecular weight is 439 g/mol. The summed E-state index contributed by atoms with van der Waals surface area (Å²) < 4.78 is 22.2. The molecule has 9 nitrogen and oxygen atoms in total. The van der Waals surface area contributed by atoms with Crippen LogP contribution < -0.4 is 10.6 Å². The molecule has 0 rings (SSSR count). The minimum Gasteiger partial charge on any atom is -0.383 e. The van der Waals surface area contributed by atoms with E-state index < -0.39 is 30.8 Å². The molecule has 0 fully saturated rings. The standard InChI is InChI=1S/C19H39N2O7P/c1-9-19(7,8)28-29(25,26)27-13-18(5,6)15(23)16(24)20-11-10-14(22)21-12-17(2,3)4/h15,23H,9-13H2,1-8H3,(H,20,24)(H,21,22)(H,25,26). The molecule has 10 heteroatoms. The van der Waals surface area contributed by atoms with Gasteiger partial charge in [0.15, 0.2) is 0 Å². The first-order chi connectivity index (χ1) is 12.9. The van der Waals surface area contributed by atoms with Crippen LogP contribution in [0.25, 0.3) is 0 Å². The van der Waals surface area contributed by atoms with Crippen molar-refractivity contribution < 1.29 is 33.2 Å². The number of aliphatic hydroxyl groups excluding tert-OH is 1. The molecule has 0 aromatic rings. The van der Waals surface area contributed by atoms with E-state index in [0.29, 0.717) is 13.0 Å². The van der Waals surface area contributed by atoms with Crippen molar-refractivity contribution in [3.63, 3.8) is 0 Å². The smallest absolute Gasteiger partial charge is 0.383 e. The van der Waals surface area contributed by atoms with Crippen molar-refractivity contribution in [2.45, 2.75) is 79.9 Å². The maximum atomic E-state index is 12.2. The Morgan fingerprint density at radius 3 is 2.10 bits per heavy atom. The van der Waals surface area contributed by atoms with Crippen LogP contribution in [-0.2, 0) is 23.2 Å². The lowest BCUT2D eigenvalue weighted by Gasteiger charge is -2.31. The van der Waals surface area contributed by atoms with Crippen LogP contribution in [0.5, 0.6) is 0 Å². The van der Waals surface area contributed by atoms with Crippen LogP contribution in [0.4, 0.5) is 0 Å². The molecule has 0 aromatic heterocycles. The molecule has 29 heavy (non-hydrogen) atoms. The lowest BCUT2D eigenvalue weighted by atomic mass is 9.87. The molecule has 0 aliphatic carbocycles. The number of nitrogens with one attached hydrogen (secondary N) is 2. The number of hydrogen-bond donors (Lipinski definition) is 4. The Labute approximate surface area is 174 Å². The van der Waals surface area contributed by atoms with Crippen molar-refractivity contribution in [2.75, 3.05) is 19.7 Å². The highest BCUT2D eigenvalue weighted by molar-refractivity contribution is 7.47. The molecule has 0 bridgehead atoms. The van der Waals surface area contributed by atoms with E-state index in [9.17, 15) is 24.2 Å². The number of carbonyl (C=O) groups excluding carboxylic acids is 2. The van der Waals surface area contributed by atoms with E-state index in [0.717, 1.165) is 0 Å². The van der Waals surface area contributed by atoms with E-state index in [1.165, 1.54) is 13.8 Å². The lowest BCUT2D eigenvalue weighted by molar-refractivity contribution is -0.137. The van der Waals surface area contributed by atoms with Crippen LogP contribution in [0.1, 0.15) is 68.2 Å². The molecule has 0 heterocycles. The number of hydrogen-bond acceptors (Lipinski definition) is 6. The summed E-state index contributed by atoms with van der Waals surface area (Å²) >= 11 is 0. The van der Waals surface area contributed by atoms with Crippen molar-refractivity contribution in [3.05, 3.63) is 0 Å². The third-order valence-corrected chi connectivity index (χ3v) is 5.45. The van der Waals surface area contributed by atoms with Gasteiger partial charge in [0.2, 0.25) is 11.8 Å².